The zero-order valence-electron chi connectivity index (χ0n) is 14.9. The number of unbranched alkanes of at least 4 members (excludes halogenated alkanes) is 2. The predicted molar refractivity (Wildman–Crippen MR) is 96.5 cm³/mol. The van der Waals surface area contributed by atoms with Gasteiger partial charge in [-0.2, -0.15) is 0 Å². The van der Waals surface area contributed by atoms with Crippen LogP contribution in [0.5, 0.6) is 0 Å². The van der Waals surface area contributed by atoms with Gasteiger partial charge in [-0.25, -0.2) is 0 Å². The van der Waals surface area contributed by atoms with E-state index in [0.29, 0.717) is 6.16 Å². The highest BCUT2D eigenvalue weighted by Crippen LogP contribution is 2.46. The summed E-state index contributed by atoms with van der Waals surface area (Å²) in [5, 5.41) is 0. The molecule has 22 heavy (non-hydrogen) atoms. The van der Waals surface area contributed by atoms with Crippen molar-refractivity contribution in [3.63, 3.8) is 0 Å². The average Bonchev–Trinajstić information content (AvgIpc) is 2.47. The molecule has 0 bridgehead atoms. The Hall–Kier alpha value is -0.630. The highest BCUT2D eigenvalue weighted by atomic mass is 31.2. The molecule has 128 valence electrons. The van der Waals surface area contributed by atoms with Gasteiger partial charge < -0.3 is 9.05 Å². The molecule has 0 aliphatic carbocycles. The normalized spacial score (nSPS) is 13.9. The number of hydrogen-bond donors (Lipinski definition) is 0. The van der Waals surface area contributed by atoms with E-state index in [2.05, 4.69) is 51.2 Å². The van der Waals surface area contributed by atoms with Crippen LogP contribution in [0.25, 0.3) is 0 Å². The second kappa shape index (κ2) is 11.9. The van der Waals surface area contributed by atoms with Gasteiger partial charge >= 0.3 is 7.60 Å². The summed E-state index contributed by atoms with van der Waals surface area (Å²) in [7, 11) is 0.0101. The highest BCUT2D eigenvalue weighted by Gasteiger charge is 2.18. The summed E-state index contributed by atoms with van der Waals surface area (Å²) >= 11 is 0. The van der Waals surface area contributed by atoms with Crippen LogP contribution in [-0.4, -0.2) is 20.4 Å². The Kier molecular flexibility index (Phi) is 11.5. The van der Waals surface area contributed by atoms with Crippen molar-refractivity contribution in [2.24, 2.45) is 5.41 Å². The lowest BCUT2D eigenvalue weighted by Gasteiger charge is -2.11. The van der Waals surface area contributed by atoms with Crippen molar-refractivity contribution >= 4 is 7.60 Å². The summed E-state index contributed by atoms with van der Waals surface area (Å²) in [5.41, 5.74) is 0.282. The fraction of sp³-hybridized carbons (Fsp3) is 0.667. The fourth-order valence-electron chi connectivity index (χ4n) is 1.78. The maximum Gasteiger partial charge on any atom is 0.330 e. The van der Waals surface area contributed by atoms with Gasteiger partial charge in [0.25, 0.3) is 0 Å². The molecule has 0 rings (SSSR count). The molecule has 0 aromatic carbocycles. The molecule has 0 N–H and O–H groups in total. The molecular formula is C18H33O3P. The van der Waals surface area contributed by atoms with Crippen molar-refractivity contribution < 1.29 is 13.6 Å². The maximum absolute atomic E-state index is 11.8. The summed E-state index contributed by atoms with van der Waals surface area (Å²) in [6, 6.07) is 0. The molecule has 0 radical (unpaired) electrons. The van der Waals surface area contributed by atoms with Crippen LogP contribution < -0.4 is 0 Å². The van der Waals surface area contributed by atoms with Gasteiger partial charge in [-0.05, 0) is 37.5 Å². The van der Waals surface area contributed by atoms with E-state index in [1.807, 2.05) is 6.08 Å². The molecule has 0 saturated carbocycles. The molecule has 0 aromatic rings. The van der Waals surface area contributed by atoms with Gasteiger partial charge in [0.2, 0.25) is 0 Å². The van der Waals surface area contributed by atoms with E-state index in [4.69, 9.17) is 9.05 Å². The first-order valence-electron chi connectivity index (χ1n) is 8.01. The summed E-state index contributed by atoms with van der Waals surface area (Å²) in [4.78, 5) is 0. The minimum absolute atomic E-state index is 0.282. The smallest absolute Gasteiger partial charge is 0.312 e. The topological polar surface area (TPSA) is 35.5 Å². The predicted octanol–water partition coefficient (Wildman–Crippen LogP) is 6.14. The van der Waals surface area contributed by atoms with Crippen LogP contribution in [0.3, 0.4) is 0 Å². The molecule has 4 heteroatoms. The molecule has 0 saturated heterocycles. The number of allylic oxidation sites excluding steroid dienone is 6. The second-order valence-electron chi connectivity index (χ2n) is 6.35. The van der Waals surface area contributed by atoms with Gasteiger partial charge in [-0.3, -0.25) is 4.57 Å². The van der Waals surface area contributed by atoms with Crippen LogP contribution >= 0.6 is 7.60 Å². The lowest BCUT2D eigenvalue weighted by molar-refractivity contribution is 0.276. The molecule has 0 unspecified atom stereocenters. The number of rotatable bonds is 11. The lowest BCUT2D eigenvalue weighted by Crippen LogP contribution is -1.97. The lowest BCUT2D eigenvalue weighted by atomic mass is 9.96. The summed E-state index contributed by atoms with van der Waals surface area (Å²) in [6.45, 7) is 6.64. The first kappa shape index (κ1) is 21.4. The second-order valence-corrected chi connectivity index (χ2v) is 8.75. The van der Waals surface area contributed by atoms with Crippen LogP contribution in [0, 0.1) is 5.41 Å². The van der Waals surface area contributed by atoms with E-state index in [0.717, 1.165) is 32.1 Å². The molecule has 3 nitrogen and oxygen atoms in total. The largest absolute Gasteiger partial charge is 0.330 e. The molecule has 0 atom stereocenters. The molecule has 0 heterocycles. The monoisotopic (exact) mass is 328 g/mol. The first-order valence-corrected chi connectivity index (χ1v) is 9.74. The Morgan fingerprint density at radius 1 is 0.773 bits per heavy atom. The van der Waals surface area contributed by atoms with Crippen LogP contribution in [-0.2, 0) is 13.6 Å². The van der Waals surface area contributed by atoms with Crippen LogP contribution in [0.4, 0.5) is 0 Å². The van der Waals surface area contributed by atoms with E-state index < -0.39 is 7.60 Å². The summed E-state index contributed by atoms with van der Waals surface area (Å²) in [6.07, 6.45) is 18.6. The van der Waals surface area contributed by atoms with Gasteiger partial charge in [-0.15, -0.1) is 0 Å². The third-order valence-corrected chi connectivity index (χ3v) is 5.00. The van der Waals surface area contributed by atoms with E-state index in [9.17, 15) is 4.57 Å². The van der Waals surface area contributed by atoms with Gasteiger partial charge in [0.1, 0.15) is 0 Å². The maximum atomic E-state index is 11.8. The molecule has 0 spiro atoms. The quantitative estimate of drug-likeness (QED) is 0.260. The van der Waals surface area contributed by atoms with E-state index in [1.54, 1.807) is 0 Å². The van der Waals surface area contributed by atoms with Gasteiger partial charge in [0.15, 0.2) is 0 Å². The Morgan fingerprint density at radius 3 is 1.59 bits per heavy atom. The first-order chi connectivity index (χ1) is 10.3. The molecule has 0 amide bonds. The Balaban J connectivity index is 3.64. The van der Waals surface area contributed by atoms with E-state index in [1.165, 1.54) is 14.2 Å². The molecular weight excluding hydrogens is 295 g/mol. The van der Waals surface area contributed by atoms with E-state index in [-0.39, 0.29) is 5.41 Å². The van der Waals surface area contributed by atoms with Crippen LogP contribution in [0.15, 0.2) is 36.5 Å². The highest BCUT2D eigenvalue weighted by molar-refractivity contribution is 7.53. The van der Waals surface area contributed by atoms with Crippen molar-refractivity contribution in [3.05, 3.63) is 36.5 Å². The van der Waals surface area contributed by atoms with Crippen molar-refractivity contribution in [2.75, 3.05) is 20.4 Å². The minimum atomic E-state index is -2.84. The van der Waals surface area contributed by atoms with Crippen molar-refractivity contribution in [1.29, 1.82) is 0 Å². The van der Waals surface area contributed by atoms with Crippen LogP contribution in [0.2, 0.25) is 0 Å². The molecule has 0 fully saturated rings. The number of hydrogen-bond acceptors (Lipinski definition) is 3. The van der Waals surface area contributed by atoms with Gasteiger partial charge in [-0.1, -0.05) is 57.2 Å². The van der Waals surface area contributed by atoms with Crippen LogP contribution in [0.1, 0.15) is 52.9 Å². The average molecular weight is 328 g/mol. The standard InChI is InChI=1S/C18H33O3P/c1-18(2,3)16-14-12-10-8-6-7-9-11-13-15-17-22(19,20-4)21-5/h6,8,11,13-14,16H,7,9-10,12,15,17H2,1-5H3. The Labute approximate surface area is 137 Å². The third kappa shape index (κ3) is 13.1. The summed E-state index contributed by atoms with van der Waals surface area (Å²) in [5.74, 6) is 0. The van der Waals surface area contributed by atoms with Gasteiger partial charge in [0.05, 0.1) is 6.16 Å². The van der Waals surface area contributed by atoms with Gasteiger partial charge in [0, 0.05) is 14.2 Å². The molecule has 0 aromatic heterocycles. The Bertz CT molecular complexity index is 395. The zero-order valence-corrected chi connectivity index (χ0v) is 15.8. The van der Waals surface area contributed by atoms with Crippen molar-refractivity contribution in [1.82, 2.24) is 0 Å². The SMILES string of the molecule is COP(=O)(CCC=CCCC=CCCC=CC(C)(C)C)OC. The minimum Gasteiger partial charge on any atom is -0.312 e. The van der Waals surface area contributed by atoms with Crippen molar-refractivity contribution in [3.8, 4) is 0 Å². The summed E-state index contributed by atoms with van der Waals surface area (Å²) < 4.78 is 21.5. The molecule has 0 aliphatic heterocycles. The zero-order chi connectivity index (χ0) is 16.9. The van der Waals surface area contributed by atoms with E-state index >= 15 is 0 Å². The third-order valence-electron chi connectivity index (χ3n) is 3.08. The Morgan fingerprint density at radius 2 is 1.18 bits per heavy atom. The fourth-order valence-corrected chi connectivity index (χ4v) is 2.76. The van der Waals surface area contributed by atoms with Crippen molar-refractivity contribution in [2.45, 2.75) is 52.9 Å². The molecule has 0 aliphatic rings.